The van der Waals surface area contributed by atoms with Crippen LogP contribution in [0, 0.1) is 5.95 Å². The van der Waals surface area contributed by atoms with Crippen molar-refractivity contribution in [2.24, 2.45) is 0 Å². The molecule has 7 nitrogen and oxygen atoms in total. The predicted molar refractivity (Wildman–Crippen MR) is 102 cm³/mol. The fourth-order valence-corrected chi connectivity index (χ4v) is 2.95. The van der Waals surface area contributed by atoms with Gasteiger partial charge in [-0.1, -0.05) is 6.07 Å². The number of nitrogens with one attached hydrogen (secondary N) is 2. The zero-order valence-corrected chi connectivity index (χ0v) is 15.1. The molecule has 2 amide bonds. The van der Waals surface area contributed by atoms with E-state index in [1.54, 1.807) is 36.4 Å². The van der Waals surface area contributed by atoms with Crippen molar-refractivity contribution >= 4 is 29.0 Å². The van der Waals surface area contributed by atoms with E-state index in [9.17, 15) is 14.0 Å². The highest BCUT2D eigenvalue weighted by atomic mass is 19.1. The number of amides is 2. The number of carbonyl (C=O) groups is 2. The molecule has 1 aromatic heterocycles. The maximum atomic E-state index is 13.2. The van der Waals surface area contributed by atoms with E-state index in [0.717, 1.165) is 0 Å². The van der Waals surface area contributed by atoms with Gasteiger partial charge in [0.2, 0.25) is 17.8 Å². The Morgan fingerprint density at radius 1 is 1.00 bits per heavy atom. The van der Waals surface area contributed by atoms with Crippen LogP contribution in [0.15, 0.2) is 42.5 Å². The van der Waals surface area contributed by atoms with Crippen LogP contribution in [0.5, 0.6) is 0 Å². The Kier molecular flexibility index (Phi) is 5.97. The van der Waals surface area contributed by atoms with Crippen molar-refractivity contribution < 1.29 is 14.0 Å². The lowest BCUT2D eigenvalue weighted by molar-refractivity contribution is -0.117. The standard InChI is InChI=1S/C19H22FN5O2/c1-14(26)21-15-5-7-16(8-6-15)22-19(27)13-24-9-11-25(12-10-24)18-4-2-3-17(20)23-18/h2-8H,9-13H2,1H3,(H,21,26)(H,22,27). The summed E-state index contributed by atoms with van der Waals surface area (Å²) in [7, 11) is 0. The molecule has 0 unspecified atom stereocenters. The first kappa shape index (κ1) is 18.8. The number of carbonyl (C=O) groups excluding carboxylic acids is 2. The molecule has 2 heterocycles. The summed E-state index contributed by atoms with van der Waals surface area (Å²) >= 11 is 0. The van der Waals surface area contributed by atoms with Gasteiger partial charge in [-0.3, -0.25) is 14.5 Å². The van der Waals surface area contributed by atoms with Crippen molar-refractivity contribution in [3.05, 3.63) is 48.4 Å². The SMILES string of the molecule is CC(=O)Nc1ccc(NC(=O)CN2CCN(c3cccc(F)n3)CC2)cc1. The van der Waals surface area contributed by atoms with Crippen molar-refractivity contribution in [3.8, 4) is 0 Å². The summed E-state index contributed by atoms with van der Waals surface area (Å²) in [6.45, 7) is 4.52. The first-order chi connectivity index (χ1) is 13.0. The maximum absolute atomic E-state index is 13.2. The van der Waals surface area contributed by atoms with Gasteiger partial charge in [-0.25, -0.2) is 4.98 Å². The third-order valence-electron chi connectivity index (χ3n) is 4.25. The number of hydrogen-bond acceptors (Lipinski definition) is 5. The van der Waals surface area contributed by atoms with Crippen molar-refractivity contribution in [1.82, 2.24) is 9.88 Å². The normalized spacial score (nSPS) is 14.7. The molecular weight excluding hydrogens is 349 g/mol. The van der Waals surface area contributed by atoms with Gasteiger partial charge in [0, 0.05) is 44.5 Å². The zero-order valence-electron chi connectivity index (χ0n) is 15.1. The minimum atomic E-state index is -0.487. The van der Waals surface area contributed by atoms with E-state index in [0.29, 0.717) is 43.4 Å². The molecule has 0 aliphatic carbocycles. The summed E-state index contributed by atoms with van der Waals surface area (Å²) in [6.07, 6.45) is 0. The topological polar surface area (TPSA) is 77.6 Å². The third kappa shape index (κ3) is 5.49. The highest BCUT2D eigenvalue weighted by Crippen LogP contribution is 2.15. The molecule has 0 radical (unpaired) electrons. The minimum absolute atomic E-state index is 0.0976. The Hall–Kier alpha value is -3.00. The Labute approximate surface area is 157 Å². The highest BCUT2D eigenvalue weighted by Gasteiger charge is 2.20. The van der Waals surface area contributed by atoms with Crippen molar-refractivity contribution in [3.63, 3.8) is 0 Å². The van der Waals surface area contributed by atoms with E-state index >= 15 is 0 Å². The average Bonchev–Trinajstić information content (AvgIpc) is 2.63. The van der Waals surface area contributed by atoms with Gasteiger partial charge in [-0.2, -0.15) is 4.39 Å². The largest absolute Gasteiger partial charge is 0.354 e. The summed E-state index contributed by atoms with van der Waals surface area (Å²) in [5.41, 5.74) is 1.36. The van der Waals surface area contributed by atoms with Crippen LogP contribution in [0.1, 0.15) is 6.92 Å². The molecule has 3 rings (SSSR count). The van der Waals surface area contributed by atoms with Crippen LogP contribution in [0.25, 0.3) is 0 Å². The van der Waals surface area contributed by atoms with E-state index < -0.39 is 5.95 Å². The van der Waals surface area contributed by atoms with Gasteiger partial charge in [0.05, 0.1) is 6.54 Å². The van der Waals surface area contributed by atoms with Crippen LogP contribution in [-0.4, -0.2) is 54.4 Å². The molecule has 1 aliphatic heterocycles. The summed E-state index contributed by atoms with van der Waals surface area (Å²) in [4.78, 5) is 31.2. The molecule has 0 spiro atoms. The molecule has 0 saturated carbocycles. The zero-order chi connectivity index (χ0) is 19.2. The second kappa shape index (κ2) is 8.59. The molecule has 0 atom stereocenters. The molecule has 8 heteroatoms. The molecule has 142 valence electrons. The van der Waals surface area contributed by atoms with Gasteiger partial charge in [0.1, 0.15) is 5.82 Å². The van der Waals surface area contributed by atoms with Crippen molar-refractivity contribution in [2.45, 2.75) is 6.92 Å². The predicted octanol–water partition coefficient (Wildman–Crippen LogP) is 1.94. The first-order valence-corrected chi connectivity index (χ1v) is 8.77. The van der Waals surface area contributed by atoms with Crippen LogP contribution in [0.4, 0.5) is 21.6 Å². The van der Waals surface area contributed by atoms with Gasteiger partial charge < -0.3 is 15.5 Å². The molecule has 1 aliphatic rings. The number of anilines is 3. The van der Waals surface area contributed by atoms with E-state index in [-0.39, 0.29) is 18.4 Å². The molecule has 1 aromatic carbocycles. The van der Waals surface area contributed by atoms with Crippen LogP contribution < -0.4 is 15.5 Å². The van der Waals surface area contributed by atoms with E-state index in [4.69, 9.17) is 0 Å². The fraction of sp³-hybridized carbons (Fsp3) is 0.316. The smallest absolute Gasteiger partial charge is 0.238 e. The molecular formula is C19H22FN5O2. The molecule has 1 fully saturated rings. The lowest BCUT2D eigenvalue weighted by Gasteiger charge is -2.34. The minimum Gasteiger partial charge on any atom is -0.354 e. The number of benzene rings is 1. The summed E-state index contributed by atoms with van der Waals surface area (Å²) in [6, 6.07) is 11.7. The summed E-state index contributed by atoms with van der Waals surface area (Å²) in [5, 5.41) is 5.53. The molecule has 1 saturated heterocycles. The van der Waals surface area contributed by atoms with E-state index in [1.165, 1.54) is 13.0 Å². The Morgan fingerprint density at radius 3 is 2.22 bits per heavy atom. The van der Waals surface area contributed by atoms with Crippen LogP contribution in [0.3, 0.4) is 0 Å². The fourth-order valence-electron chi connectivity index (χ4n) is 2.95. The van der Waals surface area contributed by atoms with Gasteiger partial charge in [0.25, 0.3) is 0 Å². The highest BCUT2D eigenvalue weighted by molar-refractivity contribution is 5.93. The monoisotopic (exact) mass is 371 g/mol. The average molecular weight is 371 g/mol. The van der Waals surface area contributed by atoms with Gasteiger partial charge >= 0.3 is 0 Å². The molecule has 2 N–H and O–H groups in total. The number of aromatic nitrogens is 1. The Morgan fingerprint density at radius 2 is 1.63 bits per heavy atom. The molecule has 27 heavy (non-hydrogen) atoms. The lowest BCUT2D eigenvalue weighted by Crippen LogP contribution is -2.49. The number of halogens is 1. The number of hydrogen-bond donors (Lipinski definition) is 2. The summed E-state index contributed by atoms with van der Waals surface area (Å²) < 4.78 is 13.2. The Balaban J connectivity index is 1.46. The van der Waals surface area contributed by atoms with Crippen LogP contribution in [0.2, 0.25) is 0 Å². The quantitative estimate of drug-likeness (QED) is 0.786. The molecule has 0 bridgehead atoms. The van der Waals surface area contributed by atoms with Gasteiger partial charge in [-0.15, -0.1) is 0 Å². The van der Waals surface area contributed by atoms with Crippen LogP contribution in [-0.2, 0) is 9.59 Å². The van der Waals surface area contributed by atoms with Gasteiger partial charge in [-0.05, 0) is 36.4 Å². The van der Waals surface area contributed by atoms with Gasteiger partial charge in [0.15, 0.2) is 0 Å². The molecule has 2 aromatic rings. The third-order valence-corrected chi connectivity index (χ3v) is 4.25. The number of pyridine rings is 1. The Bertz CT molecular complexity index is 804. The summed E-state index contributed by atoms with van der Waals surface area (Å²) in [5.74, 6) is -0.101. The van der Waals surface area contributed by atoms with Crippen LogP contribution >= 0.6 is 0 Å². The lowest BCUT2D eigenvalue weighted by atomic mass is 10.2. The van der Waals surface area contributed by atoms with E-state index in [1.807, 2.05) is 4.90 Å². The van der Waals surface area contributed by atoms with Crippen molar-refractivity contribution in [1.29, 1.82) is 0 Å². The maximum Gasteiger partial charge on any atom is 0.238 e. The van der Waals surface area contributed by atoms with Crippen molar-refractivity contribution in [2.75, 3.05) is 48.3 Å². The number of piperazine rings is 1. The second-order valence-electron chi connectivity index (χ2n) is 6.39. The number of rotatable bonds is 5. The first-order valence-electron chi connectivity index (χ1n) is 8.77. The number of nitrogens with zero attached hydrogens (tertiary/aromatic N) is 3. The second-order valence-corrected chi connectivity index (χ2v) is 6.39. The van der Waals surface area contributed by atoms with E-state index in [2.05, 4.69) is 20.5 Å².